The summed E-state index contributed by atoms with van der Waals surface area (Å²) in [5, 5.41) is 8.74. The third kappa shape index (κ3) is 5.38. The van der Waals surface area contributed by atoms with Crippen LogP contribution >= 0.6 is 0 Å². The molecule has 8 heteroatoms. The number of nitrogens with zero attached hydrogens (tertiary/aromatic N) is 5. The lowest BCUT2D eigenvalue weighted by atomic mass is 10.1. The zero-order chi connectivity index (χ0) is 21.6. The molecule has 2 saturated heterocycles. The molecular formula is C23H29N5O3. The highest BCUT2D eigenvalue weighted by Gasteiger charge is 2.27. The molecule has 0 saturated carbocycles. The summed E-state index contributed by atoms with van der Waals surface area (Å²) in [4.78, 5) is 30.3. The van der Waals surface area contributed by atoms with Gasteiger partial charge in [0.1, 0.15) is 0 Å². The van der Waals surface area contributed by atoms with E-state index in [9.17, 15) is 9.59 Å². The lowest BCUT2D eigenvalue weighted by Gasteiger charge is -2.36. The summed E-state index contributed by atoms with van der Waals surface area (Å²) in [7, 11) is 0. The monoisotopic (exact) mass is 423 g/mol. The maximum absolute atomic E-state index is 12.8. The van der Waals surface area contributed by atoms with Gasteiger partial charge in [-0.25, -0.2) is 0 Å². The maximum Gasteiger partial charge on any atom is 0.242 e. The van der Waals surface area contributed by atoms with E-state index in [0.29, 0.717) is 32.7 Å². The Hall–Kier alpha value is -3.00. The van der Waals surface area contributed by atoms with Gasteiger partial charge in [-0.3, -0.25) is 9.59 Å². The molecule has 31 heavy (non-hydrogen) atoms. The highest BCUT2D eigenvalue weighted by molar-refractivity contribution is 5.84. The van der Waals surface area contributed by atoms with Crippen LogP contribution in [-0.2, 0) is 14.3 Å². The van der Waals surface area contributed by atoms with Gasteiger partial charge in [0.05, 0.1) is 18.3 Å². The number of rotatable bonds is 6. The topological polar surface area (TPSA) is 78.9 Å². The van der Waals surface area contributed by atoms with Crippen molar-refractivity contribution in [3.05, 3.63) is 42.5 Å². The fourth-order valence-electron chi connectivity index (χ4n) is 4.04. The first kappa shape index (κ1) is 21.2. The standard InChI is InChI=1S/C23H29N5O3/c1-18(29)28(16-20-8-5-15-31-20)17-23(30)27-13-11-26(12-14-27)22-10-9-21(24-25-22)19-6-3-2-4-7-19/h2-4,6-7,9-10,20H,5,8,11-17H2,1H3. The summed E-state index contributed by atoms with van der Waals surface area (Å²) in [5.41, 5.74) is 1.88. The Kier molecular flexibility index (Phi) is 6.76. The van der Waals surface area contributed by atoms with Crippen molar-refractivity contribution in [2.75, 3.05) is 50.8 Å². The van der Waals surface area contributed by atoms with E-state index >= 15 is 0 Å². The molecule has 2 aliphatic heterocycles. The molecule has 0 N–H and O–H groups in total. The van der Waals surface area contributed by atoms with E-state index in [0.717, 1.165) is 36.5 Å². The number of amides is 2. The lowest BCUT2D eigenvalue weighted by Crippen LogP contribution is -2.52. The third-order valence-electron chi connectivity index (χ3n) is 5.90. The number of aromatic nitrogens is 2. The second kappa shape index (κ2) is 9.87. The molecule has 1 aromatic carbocycles. The molecule has 1 aromatic heterocycles. The normalized spacial score (nSPS) is 18.8. The van der Waals surface area contributed by atoms with Gasteiger partial charge in [-0.15, -0.1) is 10.2 Å². The predicted octanol–water partition coefficient (Wildman–Crippen LogP) is 1.82. The van der Waals surface area contributed by atoms with Crippen molar-refractivity contribution < 1.29 is 14.3 Å². The molecule has 1 atom stereocenters. The van der Waals surface area contributed by atoms with Gasteiger partial charge in [-0.2, -0.15) is 0 Å². The van der Waals surface area contributed by atoms with Crippen molar-refractivity contribution in [1.82, 2.24) is 20.0 Å². The average molecular weight is 424 g/mol. The van der Waals surface area contributed by atoms with E-state index in [-0.39, 0.29) is 24.5 Å². The molecule has 2 aromatic rings. The SMILES string of the molecule is CC(=O)N(CC(=O)N1CCN(c2ccc(-c3ccccc3)nn2)CC1)CC1CCCO1. The summed E-state index contributed by atoms with van der Waals surface area (Å²) in [6, 6.07) is 13.9. The quantitative estimate of drug-likeness (QED) is 0.705. The van der Waals surface area contributed by atoms with Crippen molar-refractivity contribution in [3.63, 3.8) is 0 Å². The molecule has 2 fully saturated rings. The molecule has 0 bridgehead atoms. The van der Waals surface area contributed by atoms with Crippen LogP contribution in [0.25, 0.3) is 11.3 Å². The van der Waals surface area contributed by atoms with Gasteiger partial charge in [-0.1, -0.05) is 30.3 Å². The van der Waals surface area contributed by atoms with Crippen LogP contribution < -0.4 is 4.90 Å². The number of hydrogen-bond donors (Lipinski definition) is 0. The van der Waals surface area contributed by atoms with Crippen molar-refractivity contribution in [2.45, 2.75) is 25.9 Å². The number of carbonyl (C=O) groups excluding carboxylic acids is 2. The highest BCUT2D eigenvalue weighted by Crippen LogP contribution is 2.19. The molecule has 2 amide bonds. The zero-order valence-electron chi connectivity index (χ0n) is 17.9. The molecule has 0 aliphatic carbocycles. The fraction of sp³-hybridized carbons (Fsp3) is 0.478. The van der Waals surface area contributed by atoms with Crippen LogP contribution in [0.2, 0.25) is 0 Å². The first-order valence-corrected chi connectivity index (χ1v) is 10.9. The second-order valence-corrected chi connectivity index (χ2v) is 8.05. The molecule has 2 aliphatic rings. The average Bonchev–Trinajstić information content (AvgIpc) is 3.32. The van der Waals surface area contributed by atoms with Crippen molar-refractivity contribution in [3.8, 4) is 11.3 Å². The Morgan fingerprint density at radius 3 is 2.45 bits per heavy atom. The maximum atomic E-state index is 12.8. The molecule has 4 rings (SSSR count). The van der Waals surface area contributed by atoms with Gasteiger partial charge < -0.3 is 19.4 Å². The Bertz CT molecular complexity index is 876. The van der Waals surface area contributed by atoms with Gasteiger partial charge in [0.15, 0.2) is 5.82 Å². The van der Waals surface area contributed by atoms with E-state index in [1.165, 1.54) is 6.92 Å². The molecule has 0 radical (unpaired) electrons. The van der Waals surface area contributed by atoms with E-state index in [1.54, 1.807) is 4.90 Å². The number of carbonyl (C=O) groups is 2. The minimum Gasteiger partial charge on any atom is -0.376 e. The van der Waals surface area contributed by atoms with Crippen molar-refractivity contribution in [1.29, 1.82) is 0 Å². The minimum atomic E-state index is -0.0868. The third-order valence-corrected chi connectivity index (χ3v) is 5.90. The number of piperazine rings is 1. The number of anilines is 1. The van der Waals surface area contributed by atoms with Gasteiger partial charge in [-0.05, 0) is 25.0 Å². The van der Waals surface area contributed by atoms with Gasteiger partial charge in [0.25, 0.3) is 0 Å². The molecule has 8 nitrogen and oxygen atoms in total. The summed E-state index contributed by atoms with van der Waals surface area (Å²) < 4.78 is 5.62. The fourth-order valence-corrected chi connectivity index (χ4v) is 4.04. The van der Waals surface area contributed by atoms with Crippen LogP contribution in [0.15, 0.2) is 42.5 Å². The van der Waals surface area contributed by atoms with Crippen LogP contribution in [0.4, 0.5) is 5.82 Å². The van der Waals surface area contributed by atoms with Gasteiger partial charge >= 0.3 is 0 Å². The first-order valence-electron chi connectivity index (χ1n) is 10.9. The Labute approximate surface area is 182 Å². The molecular weight excluding hydrogens is 394 g/mol. The number of ether oxygens (including phenoxy) is 1. The lowest BCUT2D eigenvalue weighted by molar-refractivity contribution is -0.140. The number of benzene rings is 1. The highest BCUT2D eigenvalue weighted by atomic mass is 16.5. The van der Waals surface area contributed by atoms with Crippen LogP contribution in [0.3, 0.4) is 0 Å². The first-order chi connectivity index (χ1) is 15.1. The molecule has 1 unspecified atom stereocenters. The smallest absolute Gasteiger partial charge is 0.242 e. The Morgan fingerprint density at radius 1 is 1.06 bits per heavy atom. The second-order valence-electron chi connectivity index (χ2n) is 8.05. The predicted molar refractivity (Wildman–Crippen MR) is 117 cm³/mol. The largest absolute Gasteiger partial charge is 0.376 e. The van der Waals surface area contributed by atoms with Crippen LogP contribution in [-0.4, -0.2) is 83.8 Å². The van der Waals surface area contributed by atoms with Gasteiger partial charge in [0.2, 0.25) is 11.8 Å². The van der Waals surface area contributed by atoms with Crippen LogP contribution in [0, 0.1) is 0 Å². The molecule has 164 valence electrons. The van der Waals surface area contributed by atoms with E-state index in [1.807, 2.05) is 47.4 Å². The summed E-state index contributed by atoms with van der Waals surface area (Å²) in [5.74, 6) is 0.713. The van der Waals surface area contributed by atoms with E-state index in [2.05, 4.69) is 15.1 Å². The van der Waals surface area contributed by atoms with Crippen molar-refractivity contribution in [2.24, 2.45) is 0 Å². The summed E-state index contributed by atoms with van der Waals surface area (Å²) in [6.45, 7) is 5.44. The van der Waals surface area contributed by atoms with E-state index < -0.39 is 0 Å². The Balaban J connectivity index is 1.29. The minimum absolute atomic E-state index is 0.0154. The molecule has 3 heterocycles. The van der Waals surface area contributed by atoms with Gasteiger partial charge in [0, 0.05) is 51.8 Å². The van der Waals surface area contributed by atoms with Crippen LogP contribution in [0.5, 0.6) is 0 Å². The van der Waals surface area contributed by atoms with Crippen molar-refractivity contribution >= 4 is 17.6 Å². The number of hydrogen-bond acceptors (Lipinski definition) is 6. The zero-order valence-corrected chi connectivity index (χ0v) is 17.9. The molecule has 0 spiro atoms. The Morgan fingerprint density at radius 2 is 1.84 bits per heavy atom. The van der Waals surface area contributed by atoms with Crippen LogP contribution in [0.1, 0.15) is 19.8 Å². The summed E-state index contributed by atoms with van der Waals surface area (Å²) >= 11 is 0. The summed E-state index contributed by atoms with van der Waals surface area (Å²) in [6.07, 6.45) is 2.01. The van der Waals surface area contributed by atoms with E-state index in [4.69, 9.17) is 4.74 Å².